The van der Waals surface area contributed by atoms with Gasteiger partial charge in [-0.1, -0.05) is 91.0 Å². The van der Waals surface area contributed by atoms with Crippen molar-refractivity contribution in [2.75, 3.05) is 0 Å². The van der Waals surface area contributed by atoms with Gasteiger partial charge in [-0.05, 0) is 18.2 Å². The number of ketones is 1. The van der Waals surface area contributed by atoms with E-state index in [-0.39, 0.29) is 5.78 Å². The monoisotopic (exact) mass is 386 g/mol. The highest BCUT2D eigenvalue weighted by Crippen LogP contribution is 2.30. The van der Waals surface area contributed by atoms with E-state index in [4.69, 9.17) is 9.97 Å². The number of nitrogens with zero attached hydrogens (tertiary/aromatic N) is 2. The molecule has 0 aliphatic rings. The Hall–Kier alpha value is -4.11. The summed E-state index contributed by atoms with van der Waals surface area (Å²) < 4.78 is 0. The number of fused-ring (bicyclic) bond motifs is 1. The molecule has 0 atom stereocenters. The van der Waals surface area contributed by atoms with Crippen LogP contribution in [0.15, 0.2) is 109 Å². The second-order valence-corrected chi connectivity index (χ2v) is 7.05. The molecule has 5 rings (SSSR count). The van der Waals surface area contributed by atoms with Crippen molar-refractivity contribution in [1.29, 1.82) is 0 Å². The Morgan fingerprint density at radius 1 is 0.567 bits per heavy atom. The van der Waals surface area contributed by atoms with Crippen LogP contribution < -0.4 is 0 Å². The van der Waals surface area contributed by atoms with Crippen LogP contribution in [0.5, 0.6) is 0 Å². The van der Waals surface area contributed by atoms with E-state index < -0.39 is 0 Å². The molecule has 3 nitrogen and oxygen atoms in total. The largest absolute Gasteiger partial charge is 0.289 e. The summed E-state index contributed by atoms with van der Waals surface area (Å²) in [7, 11) is 0. The molecule has 0 saturated heterocycles. The van der Waals surface area contributed by atoms with Crippen molar-refractivity contribution < 1.29 is 4.79 Å². The molecule has 0 saturated carbocycles. The van der Waals surface area contributed by atoms with E-state index >= 15 is 0 Å². The summed E-state index contributed by atoms with van der Waals surface area (Å²) in [6.45, 7) is 0. The van der Waals surface area contributed by atoms with Gasteiger partial charge in [-0.2, -0.15) is 0 Å². The van der Waals surface area contributed by atoms with E-state index in [0.717, 1.165) is 27.7 Å². The fraction of sp³-hybridized carbons (Fsp3) is 0. The lowest BCUT2D eigenvalue weighted by atomic mass is 9.99. The highest BCUT2D eigenvalue weighted by atomic mass is 16.1. The number of hydrogen-bond donors (Lipinski definition) is 0. The van der Waals surface area contributed by atoms with Crippen LogP contribution in [0.1, 0.15) is 15.9 Å². The Morgan fingerprint density at radius 3 is 1.83 bits per heavy atom. The average Bonchev–Trinajstić information content (AvgIpc) is 2.84. The fourth-order valence-electron chi connectivity index (χ4n) is 3.56. The topological polar surface area (TPSA) is 42.9 Å². The molecule has 1 heterocycles. The normalized spacial score (nSPS) is 10.8. The molecule has 5 aromatic rings. The predicted molar refractivity (Wildman–Crippen MR) is 120 cm³/mol. The third-order valence-electron chi connectivity index (χ3n) is 5.07. The lowest BCUT2D eigenvalue weighted by Crippen LogP contribution is -2.02. The molecule has 0 N–H and O–H groups in total. The maximum Gasteiger partial charge on any atom is 0.193 e. The lowest BCUT2D eigenvalue weighted by Gasteiger charge is -2.11. The summed E-state index contributed by atoms with van der Waals surface area (Å²) in [5, 5.41) is 0.864. The van der Waals surface area contributed by atoms with Crippen molar-refractivity contribution in [2.24, 2.45) is 0 Å². The van der Waals surface area contributed by atoms with Crippen LogP contribution in [0.4, 0.5) is 0 Å². The van der Waals surface area contributed by atoms with E-state index in [2.05, 4.69) is 0 Å². The summed E-state index contributed by atoms with van der Waals surface area (Å²) in [4.78, 5) is 22.7. The van der Waals surface area contributed by atoms with E-state index in [1.54, 1.807) is 0 Å². The van der Waals surface area contributed by atoms with Crippen LogP contribution in [0.2, 0.25) is 0 Å². The quantitative estimate of drug-likeness (QED) is 0.346. The van der Waals surface area contributed by atoms with Crippen molar-refractivity contribution in [3.8, 4) is 22.6 Å². The van der Waals surface area contributed by atoms with Crippen LogP contribution in [0.25, 0.3) is 33.5 Å². The molecule has 0 radical (unpaired) electrons. The van der Waals surface area contributed by atoms with E-state index in [9.17, 15) is 4.79 Å². The van der Waals surface area contributed by atoms with Crippen molar-refractivity contribution >= 4 is 16.7 Å². The molecule has 30 heavy (non-hydrogen) atoms. The smallest absolute Gasteiger partial charge is 0.193 e. The van der Waals surface area contributed by atoms with Crippen LogP contribution in [0.3, 0.4) is 0 Å². The Morgan fingerprint density at radius 2 is 1.17 bits per heavy atom. The highest BCUT2D eigenvalue weighted by Gasteiger charge is 2.15. The van der Waals surface area contributed by atoms with E-state index in [1.165, 1.54) is 0 Å². The van der Waals surface area contributed by atoms with Gasteiger partial charge in [-0.25, -0.2) is 9.97 Å². The third-order valence-corrected chi connectivity index (χ3v) is 5.07. The van der Waals surface area contributed by atoms with Crippen LogP contribution in [-0.2, 0) is 0 Å². The number of benzene rings is 4. The van der Waals surface area contributed by atoms with Crippen molar-refractivity contribution in [3.63, 3.8) is 0 Å². The van der Waals surface area contributed by atoms with Gasteiger partial charge in [-0.15, -0.1) is 0 Å². The number of carbonyl (C=O) groups is 1. The Kier molecular flexibility index (Phi) is 4.62. The minimum atomic E-state index is -0.0105. The average molecular weight is 386 g/mol. The molecule has 1 aromatic heterocycles. The SMILES string of the molecule is O=C(c1ccccc1)c1ccc2nc(-c3ccccc3)nc(-c3ccccc3)c2c1. The van der Waals surface area contributed by atoms with Gasteiger partial charge in [0.1, 0.15) is 0 Å². The van der Waals surface area contributed by atoms with Crippen molar-refractivity contribution in [1.82, 2.24) is 9.97 Å². The lowest BCUT2D eigenvalue weighted by molar-refractivity contribution is 0.103. The number of hydrogen-bond acceptors (Lipinski definition) is 3. The second kappa shape index (κ2) is 7.72. The first-order valence-corrected chi connectivity index (χ1v) is 9.82. The number of carbonyl (C=O) groups excluding carboxylic acids is 1. The standard InChI is InChI=1S/C27H18N2O/c30-26(20-12-6-2-7-13-20)22-16-17-24-23(18-22)25(19-10-4-1-5-11-19)29-27(28-24)21-14-8-3-9-15-21/h1-18H. The van der Waals surface area contributed by atoms with Crippen LogP contribution in [0, 0.1) is 0 Å². The van der Waals surface area contributed by atoms with Gasteiger partial charge >= 0.3 is 0 Å². The zero-order valence-electron chi connectivity index (χ0n) is 16.2. The molecule has 0 amide bonds. The van der Waals surface area contributed by atoms with Gasteiger partial charge in [-0.3, -0.25) is 4.79 Å². The molecule has 0 fully saturated rings. The third kappa shape index (κ3) is 3.38. The first-order chi connectivity index (χ1) is 14.8. The molecule has 0 aliphatic carbocycles. The Labute approximate surface area is 174 Å². The van der Waals surface area contributed by atoms with Crippen LogP contribution >= 0.6 is 0 Å². The van der Waals surface area contributed by atoms with Crippen molar-refractivity contribution in [3.05, 3.63) is 120 Å². The summed E-state index contributed by atoms with van der Waals surface area (Å²) in [6, 6.07) is 34.9. The molecular weight excluding hydrogens is 368 g/mol. The summed E-state index contributed by atoms with van der Waals surface area (Å²) in [6.07, 6.45) is 0. The summed E-state index contributed by atoms with van der Waals surface area (Å²) >= 11 is 0. The minimum absolute atomic E-state index is 0.0105. The van der Waals surface area contributed by atoms with Gasteiger partial charge < -0.3 is 0 Å². The molecule has 3 heteroatoms. The molecule has 0 spiro atoms. The summed E-state index contributed by atoms with van der Waals surface area (Å²) in [5.41, 5.74) is 4.88. The molecule has 142 valence electrons. The Bertz CT molecular complexity index is 1330. The highest BCUT2D eigenvalue weighted by molar-refractivity contribution is 6.11. The number of rotatable bonds is 4. The Balaban J connectivity index is 1.72. The van der Waals surface area contributed by atoms with Crippen molar-refractivity contribution in [2.45, 2.75) is 0 Å². The molecule has 0 aliphatic heterocycles. The second-order valence-electron chi connectivity index (χ2n) is 7.05. The maximum atomic E-state index is 13.0. The zero-order chi connectivity index (χ0) is 20.3. The van der Waals surface area contributed by atoms with Gasteiger partial charge in [0.15, 0.2) is 11.6 Å². The van der Waals surface area contributed by atoms with E-state index in [1.807, 2.05) is 109 Å². The molecule has 4 aromatic carbocycles. The van der Waals surface area contributed by atoms with E-state index in [0.29, 0.717) is 17.0 Å². The van der Waals surface area contributed by atoms with Gasteiger partial charge in [0.05, 0.1) is 11.2 Å². The zero-order valence-corrected chi connectivity index (χ0v) is 16.2. The number of aromatic nitrogens is 2. The first kappa shape index (κ1) is 18.0. The van der Waals surface area contributed by atoms with Gasteiger partial charge in [0.25, 0.3) is 0 Å². The van der Waals surface area contributed by atoms with Gasteiger partial charge in [0, 0.05) is 27.6 Å². The maximum absolute atomic E-state index is 13.0. The summed E-state index contributed by atoms with van der Waals surface area (Å²) in [5.74, 6) is 0.660. The van der Waals surface area contributed by atoms with Crippen LogP contribution in [-0.4, -0.2) is 15.8 Å². The molecule has 0 unspecified atom stereocenters. The minimum Gasteiger partial charge on any atom is -0.289 e. The fourth-order valence-corrected chi connectivity index (χ4v) is 3.56. The molecular formula is C27H18N2O. The predicted octanol–water partition coefficient (Wildman–Crippen LogP) is 6.19. The molecule has 0 bridgehead atoms. The first-order valence-electron chi connectivity index (χ1n) is 9.82. The van der Waals surface area contributed by atoms with Gasteiger partial charge in [0.2, 0.25) is 0 Å².